The van der Waals surface area contributed by atoms with Crippen molar-refractivity contribution in [1.82, 2.24) is 0 Å². The number of amides is 2. The summed E-state index contributed by atoms with van der Waals surface area (Å²) >= 11 is 0. The highest BCUT2D eigenvalue weighted by Gasteiger charge is 2.31. The number of carbonyl (C=O) groups excluding carboxylic acids is 2. The van der Waals surface area contributed by atoms with Gasteiger partial charge >= 0.3 is 12.4 Å². The molecule has 0 saturated carbocycles. The molecule has 0 spiro atoms. The molecule has 194 valence electrons. The van der Waals surface area contributed by atoms with Gasteiger partial charge in [-0.3, -0.25) is 9.59 Å². The van der Waals surface area contributed by atoms with Gasteiger partial charge in [-0.25, -0.2) is 0 Å². The Balaban J connectivity index is 1.89. The van der Waals surface area contributed by atoms with E-state index in [9.17, 15) is 35.9 Å². The summed E-state index contributed by atoms with van der Waals surface area (Å²) in [6, 6.07) is 14.3. The zero-order chi connectivity index (χ0) is 27.4. The number of carbonyl (C=O) groups is 2. The minimum absolute atomic E-state index is 0.0152. The molecule has 2 N–H and O–H groups in total. The summed E-state index contributed by atoms with van der Waals surface area (Å²) in [5.41, 5.74) is -0.690. The lowest BCUT2D eigenvalue weighted by Crippen LogP contribution is -2.25. The van der Waals surface area contributed by atoms with Crippen LogP contribution < -0.4 is 10.6 Å². The van der Waals surface area contributed by atoms with Crippen LogP contribution in [0, 0.1) is 0 Å². The van der Waals surface area contributed by atoms with Crippen LogP contribution in [-0.2, 0) is 21.9 Å². The summed E-state index contributed by atoms with van der Waals surface area (Å²) in [7, 11) is 0. The van der Waals surface area contributed by atoms with Crippen LogP contribution in [-0.4, -0.2) is 11.8 Å². The molecule has 37 heavy (non-hydrogen) atoms. The fourth-order valence-electron chi connectivity index (χ4n) is 3.26. The fourth-order valence-corrected chi connectivity index (χ4v) is 3.26. The number of benzene rings is 3. The van der Waals surface area contributed by atoms with E-state index < -0.39 is 40.9 Å². The molecule has 2 amide bonds. The Kier molecular flexibility index (Phi) is 8.10. The first-order chi connectivity index (χ1) is 17.2. The third kappa shape index (κ3) is 7.45. The third-order valence-electron chi connectivity index (χ3n) is 5.34. The number of anilines is 2. The average Bonchev–Trinajstić information content (AvgIpc) is 2.82. The first-order valence-corrected chi connectivity index (χ1v) is 11.0. The summed E-state index contributed by atoms with van der Waals surface area (Å²) in [6.45, 7) is 3.98. The van der Waals surface area contributed by atoms with Gasteiger partial charge in [-0.15, -0.1) is 0 Å². The van der Waals surface area contributed by atoms with Gasteiger partial charge in [-0.05, 0) is 71.7 Å². The molecular weight excluding hydrogens is 498 g/mol. The Hall–Kier alpha value is -4.08. The highest BCUT2D eigenvalue weighted by molar-refractivity contribution is 6.28. The van der Waals surface area contributed by atoms with Gasteiger partial charge in [-0.1, -0.05) is 38.1 Å². The number of halogens is 6. The summed E-state index contributed by atoms with van der Waals surface area (Å²) < 4.78 is 76.9. The Morgan fingerprint density at radius 1 is 0.649 bits per heavy atom. The predicted octanol–water partition coefficient (Wildman–Crippen LogP) is 7.51. The van der Waals surface area contributed by atoms with Crippen LogP contribution in [0.3, 0.4) is 0 Å². The molecule has 0 aliphatic rings. The number of nitrogens with one attached hydrogen (secondary N) is 2. The van der Waals surface area contributed by atoms with Crippen molar-refractivity contribution in [1.29, 1.82) is 0 Å². The van der Waals surface area contributed by atoms with Gasteiger partial charge in [0.15, 0.2) is 0 Å². The molecule has 3 aromatic carbocycles. The molecular formula is C27H22F6N2O2. The second kappa shape index (κ2) is 10.9. The van der Waals surface area contributed by atoms with Crippen LogP contribution in [0.25, 0.3) is 6.08 Å². The fraction of sp³-hybridized carbons (Fsp3) is 0.185. The molecule has 3 aromatic rings. The largest absolute Gasteiger partial charge is 0.416 e. The quantitative estimate of drug-likeness (QED) is 0.153. The zero-order valence-corrected chi connectivity index (χ0v) is 19.7. The molecule has 0 radical (unpaired) electrons. The summed E-state index contributed by atoms with van der Waals surface area (Å²) in [6.07, 6.45) is -7.84. The molecule has 0 fully saturated rings. The number of alkyl halides is 6. The Labute approximate surface area is 209 Å². The second-order valence-electron chi connectivity index (χ2n) is 8.44. The molecule has 3 rings (SSSR count). The van der Waals surface area contributed by atoms with Gasteiger partial charge in [0.2, 0.25) is 0 Å². The standard InChI is InChI=1S/C27H22F6N2O2/c1-16(2)18-5-3-17(4-6-18)15-23(24(36)34-21-11-7-19(8-12-21)26(28,29)30)25(37)35-22-13-9-20(10-14-22)27(31,32)33/h3-16H,1-2H3,(H,34,36)(H,35,37). The first-order valence-electron chi connectivity index (χ1n) is 11.0. The smallest absolute Gasteiger partial charge is 0.322 e. The van der Waals surface area contributed by atoms with Crippen LogP contribution in [0.5, 0.6) is 0 Å². The topological polar surface area (TPSA) is 58.2 Å². The number of rotatable bonds is 6. The molecule has 10 heteroatoms. The highest BCUT2D eigenvalue weighted by atomic mass is 19.4. The van der Waals surface area contributed by atoms with E-state index in [2.05, 4.69) is 10.6 Å². The van der Waals surface area contributed by atoms with Crippen molar-refractivity contribution in [2.24, 2.45) is 0 Å². The van der Waals surface area contributed by atoms with Gasteiger partial charge in [-0.2, -0.15) is 26.3 Å². The maximum absolute atomic E-state index is 13.0. The molecule has 0 aliphatic heterocycles. The molecule has 0 bridgehead atoms. The van der Waals surface area contributed by atoms with Crippen LogP contribution >= 0.6 is 0 Å². The predicted molar refractivity (Wildman–Crippen MR) is 129 cm³/mol. The van der Waals surface area contributed by atoms with Crippen LogP contribution in [0.15, 0.2) is 78.4 Å². The highest BCUT2D eigenvalue weighted by Crippen LogP contribution is 2.31. The van der Waals surface area contributed by atoms with Crippen molar-refractivity contribution >= 4 is 29.3 Å². The van der Waals surface area contributed by atoms with Crippen molar-refractivity contribution < 1.29 is 35.9 Å². The van der Waals surface area contributed by atoms with E-state index in [0.29, 0.717) is 5.56 Å². The van der Waals surface area contributed by atoms with Crippen molar-refractivity contribution in [3.63, 3.8) is 0 Å². The maximum Gasteiger partial charge on any atom is 0.416 e. The molecule has 0 saturated heterocycles. The van der Waals surface area contributed by atoms with E-state index >= 15 is 0 Å². The van der Waals surface area contributed by atoms with E-state index in [4.69, 9.17) is 0 Å². The van der Waals surface area contributed by atoms with Gasteiger partial charge < -0.3 is 10.6 Å². The molecule has 0 aliphatic carbocycles. The van der Waals surface area contributed by atoms with E-state index in [0.717, 1.165) is 54.1 Å². The summed E-state index contributed by atoms with van der Waals surface area (Å²) in [5.74, 6) is -1.60. The molecule has 0 atom stereocenters. The lowest BCUT2D eigenvalue weighted by molar-refractivity contribution is -0.138. The second-order valence-corrected chi connectivity index (χ2v) is 8.44. The molecule has 4 nitrogen and oxygen atoms in total. The van der Waals surface area contributed by atoms with Crippen molar-refractivity contribution in [3.8, 4) is 0 Å². The number of hydrogen-bond acceptors (Lipinski definition) is 2. The monoisotopic (exact) mass is 520 g/mol. The average molecular weight is 520 g/mol. The summed E-state index contributed by atoms with van der Waals surface area (Å²) in [4.78, 5) is 26.0. The van der Waals surface area contributed by atoms with Crippen molar-refractivity contribution in [3.05, 3.63) is 101 Å². The SMILES string of the molecule is CC(C)c1ccc(C=C(C(=O)Nc2ccc(C(F)(F)F)cc2)C(=O)Nc2ccc(C(F)(F)F)cc2)cc1. The van der Waals surface area contributed by atoms with Gasteiger partial charge in [0.25, 0.3) is 11.8 Å². The van der Waals surface area contributed by atoms with Crippen molar-refractivity contribution in [2.75, 3.05) is 10.6 Å². The molecule has 0 unspecified atom stereocenters. The normalized spacial score (nSPS) is 11.7. The Morgan fingerprint density at radius 2 is 1.03 bits per heavy atom. The van der Waals surface area contributed by atoms with Crippen LogP contribution in [0.1, 0.15) is 42.0 Å². The van der Waals surface area contributed by atoms with E-state index in [-0.39, 0.29) is 17.3 Å². The Bertz CT molecular complexity index is 1200. The van der Waals surface area contributed by atoms with Gasteiger partial charge in [0, 0.05) is 11.4 Å². The third-order valence-corrected chi connectivity index (χ3v) is 5.34. The molecule has 0 aromatic heterocycles. The van der Waals surface area contributed by atoms with Crippen LogP contribution in [0.4, 0.5) is 37.7 Å². The maximum atomic E-state index is 13.0. The Morgan fingerprint density at radius 3 is 1.35 bits per heavy atom. The minimum Gasteiger partial charge on any atom is -0.322 e. The molecule has 0 heterocycles. The van der Waals surface area contributed by atoms with Gasteiger partial charge in [0.1, 0.15) is 5.57 Å². The van der Waals surface area contributed by atoms with E-state index in [1.807, 2.05) is 26.0 Å². The summed E-state index contributed by atoms with van der Waals surface area (Å²) in [5, 5.41) is 4.76. The lowest BCUT2D eigenvalue weighted by atomic mass is 10.0. The van der Waals surface area contributed by atoms with Crippen LogP contribution in [0.2, 0.25) is 0 Å². The zero-order valence-electron chi connectivity index (χ0n) is 19.7. The van der Waals surface area contributed by atoms with E-state index in [1.54, 1.807) is 12.1 Å². The number of hydrogen-bond donors (Lipinski definition) is 2. The lowest BCUT2D eigenvalue weighted by Gasteiger charge is -2.13. The van der Waals surface area contributed by atoms with E-state index in [1.165, 1.54) is 6.08 Å². The minimum atomic E-state index is -4.56. The first kappa shape index (κ1) is 27.5. The van der Waals surface area contributed by atoms with Crippen molar-refractivity contribution in [2.45, 2.75) is 32.1 Å². The van der Waals surface area contributed by atoms with Gasteiger partial charge in [0.05, 0.1) is 11.1 Å².